The number of esters is 1. The predicted octanol–water partition coefficient (Wildman–Crippen LogP) is 3.65. The zero-order valence-electron chi connectivity index (χ0n) is 16.1. The number of fused-ring (bicyclic) bond motifs is 1. The molecule has 0 saturated heterocycles. The van der Waals surface area contributed by atoms with Gasteiger partial charge in [-0.05, 0) is 29.7 Å². The van der Waals surface area contributed by atoms with Crippen molar-refractivity contribution < 1.29 is 23.5 Å². The summed E-state index contributed by atoms with van der Waals surface area (Å²) in [5.74, 6) is -0.665. The molecule has 1 N–H and O–H groups in total. The number of hydrogen-bond donors (Lipinski definition) is 1. The van der Waals surface area contributed by atoms with Crippen molar-refractivity contribution in [2.24, 2.45) is 5.92 Å². The van der Waals surface area contributed by atoms with E-state index < -0.39 is 23.7 Å². The molecule has 0 unspecified atom stereocenters. The van der Waals surface area contributed by atoms with Crippen molar-refractivity contribution >= 4 is 23.0 Å². The number of ether oxygens (including phenoxy) is 2. The van der Waals surface area contributed by atoms with E-state index in [0.717, 1.165) is 5.56 Å². The SMILES string of the molecule is CC(C)[C@@H](NC(=O)OCc1ccccc1)C(=O)Oc1ccc2ccc(=O)oc2c1. The van der Waals surface area contributed by atoms with Gasteiger partial charge in [0, 0.05) is 17.5 Å². The van der Waals surface area contributed by atoms with Gasteiger partial charge in [-0.2, -0.15) is 0 Å². The molecule has 0 aliphatic carbocycles. The van der Waals surface area contributed by atoms with Crippen LogP contribution in [0.15, 0.2) is 69.9 Å². The highest BCUT2D eigenvalue weighted by Gasteiger charge is 2.27. The van der Waals surface area contributed by atoms with Gasteiger partial charge in [-0.25, -0.2) is 14.4 Å². The van der Waals surface area contributed by atoms with Crippen LogP contribution in [0.5, 0.6) is 5.75 Å². The monoisotopic (exact) mass is 395 g/mol. The largest absolute Gasteiger partial charge is 0.445 e. The summed E-state index contributed by atoms with van der Waals surface area (Å²) in [7, 11) is 0. The van der Waals surface area contributed by atoms with Crippen LogP contribution in [0.25, 0.3) is 11.0 Å². The normalized spacial score (nSPS) is 11.8. The van der Waals surface area contributed by atoms with E-state index in [1.54, 1.807) is 32.0 Å². The summed E-state index contributed by atoms with van der Waals surface area (Å²) in [6.07, 6.45) is -0.714. The fourth-order valence-electron chi connectivity index (χ4n) is 2.67. The molecule has 1 aromatic heterocycles. The van der Waals surface area contributed by atoms with Crippen molar-refractivity contribution in [2.45, 2.75) is 26.5 Å². The Morgan fingerprint density at radius 1 is 1.03 bits per heavy atom. The highest BCUT2D eigenvalue weighted by Crippen LogP contribution is 2.20. The minimum Gasteiger partial charge on any atom is -0.445 e. The second-order valence-electron chi connectivity index (χ2n) is 6.80. The van der Waals surface area contributed by atoms with Gasteiger partial charge in [0.1, 0.15) is 24.0 Å². The van der Waals surface area contributed by atoms with Gasteiger partial charge in [-0.3, -0.25) is 0 Å². The van der Waals surface area contributed by atoms with E-state index in [-0.39, 0.29) is 18.3 Å². The molecule has 29 heavy (non-hydrogen) atoms. The highest BCUT2D eigenvalue weighted by atomic mass is 16.6. The lowest BCUT2D eigenvalue weighted by Crippen LogP contribution is -2.46. The number of rotatable bonds is 6. The van der Waals surface area contributed by atoms with Crippen molar-refractivity contribution in [3.63, 3.8) is 0 Å². The topological polar surface area (TPSA) is 94.8 Å². The number of nitrogens with one attached hydrogen (secondary N) is 1. The summed E-state index contributed by atoms with van der Waals surface area (Å²) >= 11 is 0. The second-order valence-corrected chi connectivity index (χ2v) is 6.80. The first-order valence-electron chi connectivity index (χ1n) is 9.15. The average Bonchev–Trinajstić information content (AvgIpc) is 2.70. The quantitative estimate of drug-likeness (QED) is 0.389. The van der Waals surface area contributed by atoms with Crippen LogP contribution in [0.2, 0.25) is 0 Å². The van der Waals surface area contributed by atoms with Crippen LogP contribution >= 0.6 is 0 Å². The van der Waals surface area contributed by atoms with Crippen LogP contribution in [0, 0.1) is 5.92 Å². The molecule has 7 nitrogen and oxygen atoms in total. The van der Waals surface area contributed by atoms with Gasteiger partial charge >= 0.3 is 17.7 Å². The van der Waals surface area contributed by atoms with Crippen LogP contribution in [0.3, 0.4) is 0 Å². The smallest absolute Gasteiger partial charge is 0.408 e. The summed E-state index contributed by atoms with van der Waals surface area (Å²) in [6, 6.07) is 16.0. The third-order valence-electron chi connectivity index (χ3n) is 4.22. The Kier molecular flexibility index (Phi) is 6.29. The lowest BCUT2D eigenvalue weighted by Gasteiger charge is -2.20. The molecule has 7 heteroatoms. The van der Waals surface area contributed by atoms with Gasteiger partial charge in [-0.1, -0.05) is 44.2 Å². The Hall–Kier alpha value is -3.61. The van der Waals surface area contributed by atoms with Crippen molar-refractivity contribution in [1.82, 2.24) is 5.32 Å². The van der Waals surface area contributed by atoms with Gasteiger partial charge in [0.25, 0.3) is 0 Å². The first-order chi connectivity index (χ1) is 13.9. The molecular weight excluding hydrogens is 374 g/mol. The zero-order valence-corrected chi connectivity index (χ0v) is 16.1. The van der Waals surface area contributed by atoms with Gasteiger partial charge < -0.3 is 19.2 Å². The molecule has 1 heterocycles. The Labute approximate surface area is 167 Å². The van der Waals surface area contributed by atoms with E-state index in [1.807, 2.05) is 30.3 Å². The molecule has 2 aromatic carbocycles. The lowest BCUT2D eigenvalue weighted by atomic mass is 10.1. The van der Waals surface area contributed by atoms with Crippen LogP contribution in [-0.4, -0.2) is 18.1 Å². The molecule has 0 fully saturated rings. The molecule has 3 rings (SSSR count). The van der Waals surface area contributed by atoms with E-state index >= 15 is 0 Å². The second kappa shape index (κ2) is 9.05. The first-order valence-corrected chi connectivity index (χ1v) is 9.15. The van der Waals surface area contributed by atoms with E-state index in [2.05, 4.69) is 5.32 Å². The Morgan fingerprint density at radius 3 is 2.48 bits per heavy atom. The molecular formula is C22H21NO6. The van der Waals surface area contributed by atoms with Crippen molar-refractivity contribution in [2.75, 3.05) is 0 Å². The number of hydrogen-bond acceptors (Lipinski definition) is 6. The maximum Gasteiger partial charge on any atom is 0.408 e. The molecule has 3 aromatic rings. The lowest BCUT2D eigenvalue weighted by molar-refractivity contribution is -0.137. The summed E-state index contributed by atoms with van der Waals surface area (Å²) in [5.41, 5.74) is 0.645. The molecule has 0 saturated carbocycles. The van der Waals surface area contributed by atoms with Gasteiger partial charge in [0.15, 0.2) is 0 Å². The predicted molar refractivity (Wildman–Crippen MR) is 107 cm³/mol. The van der Waals surface area contributed by atoms with E-state index in [1.165, 1.54) is 12.1 Å². The van der Waals surface area contributed by atoms with Crippen LogP contribution in [-0.2, 0) is 16.1 Å². The number of benzene rings is 2. The standard InChI is InChI=1S/C22H21NO6/c1-14(2)20(23-22(26)27-13-15-6-4-3-5-7-15)21(25)28-17-10-8-16-9-11-19(24)29-18(16)12-17/h3-12,14,20H,13H2,1-2H3,(H,23,26)/t20-/m1/s1. The Morgan fingerprint density at radius 2 is 1.76 bits per heavy atom. The minimum absolute atomic E-state index is 0.0935. The number of carbonyl (C=O) groups is 2. The van der Waals surface area contributed by atoms with Crippen LogP contribution < -0.4 is 15.7 Å². The minimum atomic E-state index is -0.906. The van der Waals surface area contributed by atoms with Crippen LogP contribution in [0.1, 0.15) is 19.4 Å². The average molecular weight is 395 g/mol. The maximum absolute atomic E-state index is 12.6. The molecule has 0 bridgehead atoms. The van der Waals surface area contributed by atoms with Crippen LogP contribution in [0.4, 0.5) is 4.79 Å². The molecule has 1 amide bonds. The van der Waals surface area contributed by atoms with Gasteiger partial charge in [0.05, 0.1) is 0 Å². The maximum atomic E-state index is 12.6. The zero-order chi connectivity index (χ0) is 20.8. The third kappa shape index (κ3) is 5.44. The molecule has 1 atom stereocenters. The highest BCUT2D eigenvalue weighted by molar-refractivity contribution is 5.84. The molecule has 150 valence electrons. The third-order valence-corrected chi connectivity index (χ3v) is 4.22. The first kappa shape index (κ1) is 20.1. The molecule has 0 radical (unpaired) electrons. The van der Waals surface area contributed by atoms with Crippen molar-refractivity contribution in [1.29, 1.82) is 0 Å². The fraction of sp³-hybridized carbons (Fsp3) is 0.227. The number of alkyl carbamates (subject to hydrolysis) is 1. The number of amides is 1. The summed E-state index contributed by atoms with van der Waals surface area (Å²) in [6.45, 7) is 3.65. The molecule has 0 aliphatic rings. The number of carbonyl (C=O) groups excluding carboxylic acids is 2. The van der Waals surface area contributed by atoms with Gasteiger partial charge in [-0.15, -0.1) is 0 Å². The Balaban J connectivity index is 1.64. The summed E-state index contributed by atoms with van der Waals surface area (Å²) in [4.78, 5) is 36.1. The molecule has 0 aliphatic heterocycles. The van der Waals surface area contributed by atoms with Crippen molar-refractivity contribution in [3.05, 3.63) is 76.6 Å². The van der Waals surface area contributed by atoms with Gasteiger partial charge in [0.2, 0.25) is 0 Å². The molecule has 0 spiro atoms. The van der Waals surface area contributed by atoms with Crippen molar-refractivity contribution in [3.8, 4) is 5.75 Å². The van der Waals surface area contributed by atoms with E-state index in [9.17, 15) is 14.4 Å². The fourth-order valence-corrected chi connectivity index (χ4v) is 2.67. The van der Waals surface area contributed by atoms with E-state index in [0.29, 0.717) is 11.0 Å². The summed E-state index contributed by atoms with van der Waals surface area (Å²) < 4.78 is 15.6. The summed E-state index contributed by atoms with van der Waals surface area (Å²) in [5, 5.41) is 3.25. The Bertz CT molecular complexity index is 1060. The van der Waals surface area contributed by atoms with E-state index in [4.69, 9.17) is 13.9 Å².